The molecule has 21 heavy (non-hydrogen) atoms. The molecule has 5 heteroatoms. The Morgan fingerprint density at radius 2 is 2.24 bits per heavy atom. The van der Waals surface area contributed by atoms with Gasteiger partial charge in [-0.2, -0.15) is 0 Å². The van der Waals surface area contributed by atoms with Crippen molar-refractivity contribution in [2.24, 2.45) is 16.8 Å². The Bertz CT molecular complexity index is 504. The maximum Gasteiger partial charge on any atom is 0.170 e. The topological polar surface area (TPSA) is 61.8 Å². The highest BCUT2D eigenvalue weighted by Gasteiger charge is 2.17. The molecule has 1 atom stereocenters. The van der Waals surface area contributed by atoms with Gasteiger partial charge in [-0.25, -0.2) is 4.39 Å². The summed E-state index contributed by atoms with van der Waals surface area (Å²) in [6.07, 6.45) is 4.92. The van der Waals surface area contributed by atoms with Crippen LogP contribution in [0.2, 0.25) is 0 Å². The molecule has 1 aliphatic rings. The monoisotopic (exact) mass is 293 g/mol. The number of oxime groups is 1. The smallest absolute Gasteiger partial charge is 0.170 e. The predicted molar refractivity (Wildman–Crippen MR) is 81.8 cm³/mol. The van der Waals surface area contributed by atoms with E-state index in [9.17, 15) is 4.39 Å². The standard InChI is InChI=1S/C16H24FN3O/c1-2-12-4-3-8-20(9-7-12)11-13-5-6-14(17)10-15(13)16(18)19-21/h5-6,10,12,21H,2-4,7-9,11H2,1H3,(H2,18,19). The summed E-state index contributed by atoms with van der Waals surface area (Å²) in [4.78, 5) is 2.37. The van der Waals surface area contributed by atoms with Crippen LogP contribution in [0.3, 0.4) is 0 Å². The Kier molecular flexibility index (Phi) is 5.56. The molecule has 1 aromatic rings. The minimum atomic E-state index is -0.373. The van der Waals surface area contributed by atoms with Crippen molar-refractivity contribution in [3.8, 4) is 0 Å². The van der Waals surface area contributed by atoms with Crippen LogP contribution in [0, 0.1) is 11.7 Å². The minimum Gasteiger partial charge on any atom is -0.409 e. The van der Waals surface area contributed by atoms with Crippen molar-refractivity contribution in [1.29, 1.82) is 0 Å². The first kappa shape index (κ1) is 15.8. The van der Waals surface area contributed by atoms with Gasteiger partial charge in [-0.05, 0) is 56.0 Å². The number of nitrogens with two attached hydrogens (primary N) is 1. The molecule has 1 unspecified atom stereocenters. The van der Waals surface area contributed by atoms with Gasteiger partial charge in [0.15, 0.2) is 5.84 Å². The summed E-state index contributed by atoms with van der Waals surface area (Å²) in [6.45, 7) is 5.05. The molecule has 0 bridgehead atoms. The lowest BCUT2D eigenvalue weighted by Crippen LogP contribution is -2.26. The summed E-state index contributed by atoms with van der Waals surface area (Å²) in [5.41, 5.74) is 7.04. The lowest BCUT2D eigenvalue weighted by atomic mass is 9.98. The van der Waals surface area contributed by atoms with Crippen molar-refractivity contribution in [3.63, 3.8) is 0 Å². The van der Waals surface area contributed by atoms with Crippen LogP contribution in [0.25, 0.3) is 0 Å². The van der Waals surface area contributed by atoms with Gasteiger partial charge in [0.1, 0.15) is 5.82 Å². The zero-order valence-corrected chi connectivity index (χ0v) is 12.6. The van der Waals surface area contributed by atoms with Crippen molar-refractivity contribution in [3.05, 3.63) is 35.1 Å². The second-order valence-corrected chi connectivity index (χ2v) is 5.77. The highest BCUT2D eigenvalue weighted by Crippen LogP contribution is 2.22. The molecular weight excluding hydrogens is 269 g/mol. The first-order valence-corrected chi connectivity index (χ1v) is 7.62. The molecule has 0 spiro atoms. The number of likely N-dealkylation sites (tertiary alicyclic amines) is 1. The summed E-state index contributed by atoms with van der Waals surface area (Å²) in [7, 11) is 0. The Morgan fingerprint density at radius 1 is 1.43 bits per heavy atom. The maximum atomic E-state index is 13.4. The van der Waals surface area contributed by atoms with Crippen LogP contribution in [0.15, 0.2) is 23.4 Å². The van der Waals surface area contributed by atoms with E-state index in [1.165, 1.54) is 37.8 Å². The van der Waals surface area contributed by atoms with Gasteiger partial charge in [-0.3, -0.25) is 4.90 Å². The molecule has 3 N–H and O–H groups in total. The summed E-state index contributed by atoms with van der Waals surface area (Å²) in [5, 5.41) is 11.9. The third kappa shape index (κ3) is 4.17. The van der Waals surface area contributed by atoms with Gasteiger partial charge in [0.05, 0.1) is 0 Å². The van der Waals surface area contributed by atoms with Gasteiger partial charge < -0.3 is 10.9 Å². The van der Waals surface area contributed by atoms with E-state index in [1.54, 1.807) is 6.07 Å². The second kappa shape index (κ2) is 7.41. The highest BCUT2D eigenvalue weighted by molar-refractivity contribution is 5.98. The van der Waals surface area contributed by atoms with Gasteiger partial charge in [-0.1, -0.05) is 24.6 Å². The number of hydrogen-bond donors (Lipinski definition) is 2. The van der Waals surface area contributed by atoms with E-state index in [0.717, 1.165) is 24.6 Å². The molecule has 1 fully saturated rings. The molecule has 1 aliphatic heterocycles. The molecule has 1 saturated heterocycles. The van der Waals surface area contributed by atoms with Crippen LogP contribution < -0.4 is 5.73 Å². The number of nitrogens with zero attached hydrogens (tertiary/aromatic N) is 2. The van der Waals surface area contributed by atoms with Crippen LogP contribution in [0.4, 0.5) is 4.39 Å². The molecule has 2 rings (SSSR count). The van der Waals surface area contributed by atoms with E-state index in [4.69, 9.17) is 10.9 Å². The lowest BCUT2D eigenvalue weighted by Gasteiger charge is -2.21. The largest absolute Gasteiger partial charge is 0.409 e. The van der Waals surface area contributed by atoms with Crippen molar-refractivity contribution in [2.75, 3.05) is 13.1 Å². The number of halogens is 1. The fourth-order valence-corrected chi connectivity index (χ4v) is 3.01. The van der Waals surface area contributed by atoms with Crippen molar-refractivity contribution in [1.82, 2.24) is 4.90 Å². The third-order valence-electron chi connectivity index (χ3n) is 4.37. The van der Waals surface area contributed by atoms with E-state index in [2.05, 4.69) is 17.0 Å². The fraction of sp³-hybridized carbons (Fsp3) is 0.562. The van der Waals surface area contributed by atoms with Crippen LogP contribution in [0.5, 0.6) is 0 Å². The fourth-order valence-electron chi connectivity index (χ4n) is 3.01. The predicted octanol–water partition coefficient (Wildman–Crippen LogP) is 2.93. The van der Waals surface area contributed by atoms with Gasteiger partial charge in [0, 0.05) is 12.1 Å². The van der Waals surface area contributed by atoms with Gasteiger partial charge in [0.25, 0.3) is 0 Å². The highest BCUT2D eigenvalue weighted by atomic mass is 19.1. The molecule has 0 aromatic heterocycles. The summed E-state index contributed by atoms with van der Waals surface area (Å²) in [5.74, 6) is 0.403. The van der Waals surface area contributed by atoms with Crippen LogP contribution in [-0.4, -0.2) is 29.0 Å². The SMILES string of the molecule is CCC1CCCN(Cc2ccc(F)cc2C(N)=NO)CC1. The second-order valence-electron chi connectivity index (χ2n) is 5.77. The summed E-state index contributed by atoms with van der Waals surface area (Å²) in [6, 6.07) is 4.48. The molecule has 1 heterocycles. The molecular formula is C16H24FN3O. The van der Waals surface area contributed by atoms with Crippen molar-refractivity contribution < 1.29 is 9.60 Å². The quantitative estimate of drug-likeness (QED) is 0.388. The van der Waals surface area contributed by atoms with Crippen molar-refractivity contribution in [2.45, 2.75) is 39.2 Å². The normalized spacial score (nSPS) is 21.2. The zero-order valence-electron chi connectivity index (χ0n) is 12.6. The van der Waals surface area contributed by atoms with Gasteiger partial charge in [0.2, 0.25) is 0 Å². The Labute approximate surface area is 125 Å². The van der Waals surface area contributed by atoms with E-state index >= 15 is 0 Å². The number of rotatable bonds is 4. The zero-order chi connectivity index (χ0) is 15.2. The molecule has 116 valence electrons. The number of benzene rings is 1. The van der Waals surface area contributed by atoms with Gasteiger partial charge >= 0.3 is 0 Å². The average Bonchev–Trinajstić information content (AvgIpc) is 2.73. The van der Waals surface area contributed by atoms with Crippen LogP contribution in [0.1, 0.15) is 43.7 Å². The first-order valence-electron chi connectivity index (χ1n) is 7.62. The molecule has 0 saturated carbocycles. The Hall–Kier alpha value is -1.62. The van der Waals surface area contributed by atoms with E-state index in [1.807, 2.05) is 0 Å². The van der Waals surface area contributed by atoms with E-state index < -0.39 is 0 Å². The Balaban J connectivity index is 2.12. The third-order valence-corrected chi connectivity index (χ3v) is 4.37. The number of hydrogen-bond acceptors (Lipinski definition) is 3. The lowest BCUT2D eigenvalue weighted by molar-refractivity contribution is 0.271. The molecule has 0 amide bonds. The summed E-state index contributed by atoms with van der Waals surface area (Å²) < 4.78 is 13.4. The molecule has 1 aromatic carbocycles. The van der Waals surface area contributed by atoms with Gasteiger partial charge in [-0.15, -0.1) is 0 Å². The molecule has 0 radical (unpaired) electrons. The average molecular weight is 293 g/mol. The number of amidine groups is 1. The van der Waals surface area contributed by atoms with Crippen LogP contribution in [-0.2, 0) is 6.54 Å². The van der Waals surface area contributed by atoms with Crippen LogP contribution >= 0.6 is 0 Å². The van der Waals surface area contributed by atoms with E-state index in [-0.39, 0.29) is 11.7 Å². The maximum absolute atomic E-state index is 13.4. The summed E-state index contributed by atoms with van der Waals surface area (Å²) >= 11 is 0. The Morgan fingerprint density at radius 3 is 2.95 bits per heavy atom. The first-order chi connectivity index (χ1) is 10.1. The molecule has 4 nitrogen and oxygen atoms in total. The minimum absolute atomic E-state index is 0.0363. The van der Waals surface area contributed by atoms with E-state index in [0.29, 0.717) is 12.1 Å². The van der Waals surface area contributed by atoms with Crippen molar-refractivity contribution >= 4 is 5.84 Å². The molecule has 0 aliphatic carbocycles.